The van der Waals surface area contributed by atoms with E-state index in [-0.39, 0.29) is 5.56 Å². The van der Waals surface area contributed by atoms with Gasteiger partial charge in [0.1, 0.15) is 5.82 Å². The summed E-state index contributed by atoms with van der Waals surface area (Å²) in [4.78, 5) is 19.6. The van der Waals surface area contributed by atoms with Crippen LogP contribution in [0.3, 0.4) is 0 Å². The van der Waals surface area contributed by atoms with Gasteiger partial charge in [-0.3, -0.25) is 4.79 Å². The summed E-state index contributed by atoms with van der Waals surface area (Å²) in [6.45, 7) is 0. The zero-order valence-electron chi connectivity index (χ0n) is 11.7. The summed E-state index contributed by atoms with van der Waals surface area (Å²) in [5.74, 6) is 0.581. The Bertz CT molecular complexity index is 1000. The van der Waals surface area contributed by atoms with Gasteiger partial charge >= 0.3 is 0 Å². The summed E-state index contributed by atoms with van der Waals surface area (Å²) in [6, 6.07) is 19.2. The standard InChI is InChI=1S/C18H13N3O/c22-18-15-8-1-2-9-16(15)19-17(20-18)13-6-5-7-14(12-13)21-10-3-4-11-21/h1-12H,(H,19,20,22). The van der Waals surface area contributed by atoms with Crippen molar-refractivity contribution in [3.8, 4) is 17.1 Å². The Balaban J connectivity index is 1.89. The number of fused-ring (bicyclic) bond motifs is 1. The van der Waals surface area contributed by atoms with Gasteiger partial charge in [0.05, 0.1) is 10.9 Å². The largest absolute Gasteiger partial charge is 0.324 e. The van der Waals surface area contributed by atoms with Gasteiger partial charge in [0.15, 0.2) is 0 Å². The number of hydrogen-bond acceptors (Lipinski definition) is 2. The van der Waals surface area contributed by atoms with Crippen molar-refractivity contribution in [1.29, 1.82) is 0 Å². The molecule has 0 aliphatic heterocycles. The van der Waals surface area contributed by atoms with E-state index in [1.165, 1.54) is 0 Å². The molecule has 0 saturated carbocycles. The van der Waals surface area contributed by atoms with Gasteiger partial charge in [-0.15, -0.1) is 0 Å². The minimum Gasteiger partial charge on any atom is -0.324 e. The number of nitrogens with zero attached hydrogens (tertiary/aromatic N) is 2. The first-order valence-electron chi connectivity index (χ1n) is 7.04. The van der Waals surface area contributed by atoms with E-state index in [1.54, 1.807) is 6.07 Å². The molecule has 0 fully saturated rings. The first-order chi connectivity index (χ1) is 10.8. The molecule has 0 spiro atoms. The highest BCUT2D eigenvalue weighted by Crippen LogP contribution is 2.19. The predicted molar refractivity (Wildman–Crippen MR) is 87.1 cm³/mol. The molecule has 2 aromatic heterocycles. The Labute approximate surface area is 126 Å². The van der Waals surface area contributed by atoms with Crippen molar-refractivity contribution in [3.63, 3.8) is 0 Å². The smallest absolute Gasteiger partial charge is 0.259 e. The van der Waals surface area contributed by atoms with E-state index in [0.29, 0.717) is 16.7 Å². The molecule has 1 N–H and O–H groups in total. The van der Waals surface area contributed by atoms with Gasteiger partial charge in [0, 0.05) is 23.6 Å². The molecule has 0 aliphatic rings. The van der Waals surface area contributed by atoms with Crippen LogP contribution < -0.4 is 5.56 Å². The molecule has 0 unspecified atom stereocenters. The molecule has 2 aromatic carbocycles. The zero-order chi connectivity index (χ0) is 14.9. The van der Waals surface area contributed by atoms with Crippen LogP contribution in [0.1, 0.15) is 0 Å². The van der Waals surface area contributed by atoms with Gasteiger partial charge < -0.3 is 9.55 Å². The van der Waals surface area contributed by atoms with Crippen LogP contribution in [0.2, 0.25) is 0 Å². The van der Waals surface area contributed by atoms with Crippen LogP contribution in [-0.4, -0.2) is 14.5 Å². The average molecular weight is 287 g/mol. The van der Waals surface area contributed by atoms with Crippen LogP contribution in [0.15, 0.2) is 77.9 Å². The second-order valence-electron chi connectivity index (χ2n) is 5.07. The van der Waals surface area contributed by atoms with Crippen molar-refractivity contribution in [2.45, 2.75) is 0 Å². The van der Waals surface area contributed by atoms with Crippen molar-refractivity contribution >= 4 is 10.9 Å². The number of aromatic amines is 1. The van der Waals surface area contributed by atoms with Crippen LogP contribution in [0.25, 0.3) is 28.0 Å². The predicted octanol–water partition coefficient (Wildman–Crippen LogP) is 3.38. The van der Waals surface area contributed by atoms with E-state index in [1.807, 2.05) is 71.6 Å². The third-order valence-electron chi connectivity index (χ3n) is 3.64. The molecule has 0 amide bonds. The highest BCUT2D eigenvalue weighted by molar-refractivity contribution is 5.79. The molecular formula is C18H13N3O. The van der Waals surface area contributed by atoms with E-state index >= 15 is 0 Å². The number of hydrogen-bond donors (Lipinski definition) is 1. The summed E-state index contributed by atoms with van der Waals surface area (Å²) in [5, 5.41) is 0.604. The number of para-hydroxylation sites is 1. The van der Waals surface area contributed by atoms with Crippen molar-refractivity contribution in [2.24, 2.45) is 0 Å². The van der Waals surface area contributed by atoms with E-state index < -0.39 is 0 Å². The quantitative estimate of drug-likeness (QED) is 0.614. The molecule has 22 heavy (non-hydrogen) atoms. The molecule has 4 rings (SSSR count). The lowest BCUT2D eigenvalue weighted by atomic mass is 10.1. The van der Waals surface area contributed by atoms with Crippen LogP contribution in [0, 0.1) is 0 Å². The fourth-order valence-electron chi connectivity index (χ4n) is 2.54. The third-order valence-corrected chi connectivity index (χ3v) is 3.64. The van der Waals surface area contributed by atoms with Gasteiger partial charge in [-0.25, -0.2) is 4.98 Å². The topological polar surface area (TPSA) is 50.7 Å². The van der Waals surface area contributed by atoms with Crippen LogP contribution in [0.5, 0.6) is 0 Å². The summed E-state index contributed by atoms with van der Waals surface area (Å²) in [6.07, 6.45) is 3.96. The number of benzene rings is 2. The Kier molecular flexibility index (Phi) is 2.86. The van der Waals surface area contributed by atoms with Crippen LogP contribution in [0.4, 0.5) is 0 Å². The minimum absolute atomic E-state index is 0.119. The normalized spacial score (nSPS) is 10.9. The Morgan fingerprint density at radius 1 is 0.909 bits per heavy atom. The maximum Gasteiger partial charge on any atom is 0.259 e. The van der Waals surface area contributed by atoms with Gasteiger partial charge in [0.2, 0.25) is 0 Å². The number of H-pyrrole nitrogens is 1. The molecule has 0 aliphatic carbocycles. The van der Waals surface area contributed by atoms with Crippen molar-refractivity contribution in [1.82, 2.24) is 14.5 Å². The maximum absolute atomic E-state index is 12.2. The molecule has 2 heterocycles. The third kappa shape index (κ3) is 2.11. The van der Waals surface area contributed by atoms with Crippen LogP contribution in [-0.2, 0) is 0 Å². The molecule has 4 nitrogen and oxygen atoms in total. The molecule has 0 bridgehead atoms. The summed E-state index contributed by atoms with van der Waals surface area (Å²) < 4.78 is 2.02. The number of rotatable bonds is 2. The minimum atomic E-state index is -0.119. The highest BCUT2D eigenvalue weighted by atomic mass is 16.1. The summed E-state index contributed by atoms with van der Waals surface area (Å²) in [7, 11) is 0. The van der Waals surface area contributed by atoms with Gasteiger partial charge in [0.25, 0.3) is 5.56 Å². The molecule has 0 atom stereocenters. The fraction of sp³-hybridized carbons (Fsp3) is 0. The molecule has 106 valence electrons. The van der Waals surface area contributed by atoms with Crippen molar-refractivity contribution in [3.05, 3.63) is 83.4 Å². The Hall–Kier alpha value is -3.14. The number of nitrogens with one attached hydrogen (secondary N) is 1. The zero-order valence-corrected chi connectivity index (χ0v) is 11.7. The molecular weight excluding hydrogens is 274 g/mol. The van der Waals surface area contributed by atoms with Crippen LogP contribution >= 0.6 is 0 Å². The Morgan fingerprint density at radius 2 is 1.73 bits per heavy atom. The average Bonchev–Trinajstić information content (AvgIpc) is 3.09. The SMILES string of the molecule is O=c1[nH]c(-c2cccc(-n3cccc3)c2)nc2ccccc12. The van der Waals surface area contributed by atoms with E-state index in [2.05, 4.69) is 9.97 Å². The van der Waals surface area contributed by atoms with E-state index in [9.17, 15) is 4.79 Å². The lowest BCUT2D eigenvalue weighted by Gasteiger charge is -2.07. The lowest BCUT2D eigenvalue weighted by Crippen LogP contribution is -2.09. The lowest BCUT2D eigenvalue weighted by molar-refractivity contribution is 1.08. The molecule has 0 radical (unpaired) electrons. The van der Waals surface area contributed by atoms with Gasteiger partial charge in [-0.1, -0.05) is 24.3 Å². The highest BCUT2D eigenvalue weighted by Gasteiger charge is 2.06. The summed E-state index contributed by atoms with van der Waals surface area (Å²) >= 11 is 0. The van der Waals surface area contributed by atoms with Gasteiger partial charge in [-0.2, -0.15) is 0 Å². The summed E-state index contributed by atoms with van der Waals surface area (Å²) in [5.41, 5.74) is 2.49. The first-order valence-corrected chi connectivity index (χ1v) is 7.04. The fourth-order valence-corrected chi connectivity index (χ4v) is 2.54. The maximum atomic E-state index is 12.2. The second kappa shape index (κ2) is 5.00. The Morgan fingerprint density at radius 3 is 2.59 bits per heavy atom. The molecule has 4 heteroatoms. The van der Waals surface area contributed by atoms with Crippen molar-refractivity contribution < 1.29 is 0 Å². The van der Waals surface area contributed by atoms with Gasteiger partial charge in [-0.05, 0) is 36.4 Å². The second-order valence-corrected chi connectivity index (χ2v) is 5.07. The van der Waals surface area contributed by atoms with Crippen molar-refractivity contribution in [2.75, 3.05) is 0 Å². The molecule has 4 aromatic rings. The molecule has 0 saturated heterocycles. The van der Waals surface area contributed by atoms with E-state index in [0.717, 1.165) is 11.3 Å². The monoisotopic (exact) mass is 287 g/mol. The number of aromatic nitrogens is 3. The van der Waals surface area contributed by atoms with E-state index in [4.69, 9.17) is 0 Å². The first kappa shape index (κ1) is 12.6.